The van der Waals surface area contributed by atoms with Crippen molar-refractivity contribution in [2.75, 3.05) is 0 Å². The number of ether oxygens (including phenoxy) is 1. The molecule has 1 unspecified atom stereocenters. The molecular formula is C15H11BrCl2O2. The van der Waals surface area contributed by atoms with Gasteiger partial charge in [-0.3, -0.25) is 0 Å². The Hall–Kier alpha value is -0.740. The molecule has 2 atom stereocenters. The molecule has 1 aliphatic rings. The van der Waals surface area contributed by atoms with Crippen LogP contribution in [0.1, 0.15) is 29.8 Å². The number of hydrogen-bond donors (Lipinski definition) is 1. The average molecular weight is 374 g/mol. The quantitative estimate of drug-likeness (QED) is 0.733. The summed E-state index contributed by atoms with van der Waals surface area (Å²) in [7, 11) is 0. The average Bonchev–Trinajstić information content (AvgIpc) is 2.36. The third-order valence-corrected chi connectivity index (χ3v) is 4.23. The molecule has 3 rings (SSSR count). The van der Waals surface area contributed by atoms with E-state index in [2.05, 4.69) is 15.9 Å². The van der Waals surface area contributed by atoms with Crippen molar-refractivity contribution in [3.05, 3.63) is 62.0 Å². The van der Waals surface area contributed by atoms with E-state index in [-0.39, 0.29) is 6.10 Å². The summed E-state index contributed by atoms with van der Waals surface area (Å²) < 4.78 is 6.88. The molecule has 1 N–H and O–H groups in total. The van der Waals surface area contributed by atoms with E-state index in [9.17, 15) is 5.11 Å². The molecule has 0 fully saturated rings. The van der Waals surface area contributed by atoms with Gasteiger partial charge < -0.3 is 9.84 Å². The summed E-state index contributed by atoms with van der Waals surface area (Å²) in [6, 6.07) is 10.9. The molecule has 0 aromatic heterocycles. The van der Waals surface area contributed by atoms with Crippen LogP contribution in [-0.4, -0.2) is 5.11 Å². The second-order valence-corrected chi connectivity index (χ2v) is 6.53. The summed E-state index contributed by atoms with van der Waals surface area (Å²) in [6.45, 7) is 0. The SMILES string of the molecule is O[C@H]1CC(c2cc(Cl)cc(Cl)c2)Oc2cc(Br)ccc21. The Bertz CT molecular complexity index is 640. The number of aliphatic hydroxyl groups excluding tert-OH is 1. The zero-order valence-electron chi connectivity index (χ0n) is 10.3. The molecule has 0 saturated heterocycles. The lowest BCUT2D eigenvalue weighted by molar-refractivity contribution is 0.0657. The van der Waals surface area contributed by atoms with E-state index < -0.39 is 6.10 Å². The largest absolute Gasteiger partial charge is 0.485 e. The lowest BCUT2D eigenvalue weighted by Gasteiger charge is -2.30. The van der Waals surface area contributed by atoms with Gasteiger partial charge in [0.1, 0.15) is 11.9 Å². The molecule has 1 heterocycles. The van der Waals surface area contributed by atoms with E-state index >= 15 is 0 Å². The van der Waals surface area contributed by atoms with Crippen molar-refractivity contribution in [3.63, 3.8) is 0 Å². The van der Waals surface area contributed by atoms with Crippen LogP contribution in [0.25, 0.3) is 0 Å². The van der Waals surface area contributed by atoms with Gasteiger partial charge in [0.05, 0.1) is 6.10 Å². The smallest absolute Gasteiger partial charge is 0.127 e. The minimum absolute atomic E-state index is 0.261. The molecule has 2 aromatic rings. The number of benzene rings is 2. The van der Waals surface area contributed by atoms with Crippen LogP contribution in [0.5, 0.6) is 5.75 Å². The maximum atomic E-state index is 10.3. The third kappa shape index (κ3) is 2.82. The Labute approximate surface area is 135 Å². The van der Waals surface area contributed by atoms with Gasteiger partial charge >= 0.3 is 0 Å². The first kappa shape index (κ1) is 14.2. The molecule has 20 heavy (non-hydrogen) atoms. The van der Waals surface area contributed by atoms with Crippen LogP contribution >= 0.6 is 39.1 Å². The van der Waals surface area contributed by atoms with E-state index in [1.54, 1.807) is 6.07 Å². The summed E-state index contributed by atoms with van der Waals surface area (Å²) in [5, 5.41) is 11.4. The molecular weight excluding hydrogens is 363 g/mol. The molecule has 0 radical (unpaired) electrons. The first-order valence-electron chi connectivity index (χ1n) is 6.13. The van der Waals surface area contributed by atoms with Crippen molar-refractivity contribution in [2.45, 2.75) is 18.6 Å². The van der Waals surface area contributed by atoms with Crippen molar-refractivity contribution >= 4 is 39.1 Å². The second-order valence-electron chi connectivity index (χ2n) is 4.74. The minimum Gasteiger partial charge on any atom is -0.485 e. The van der Waals surface area contributed by atoms with Crippen molar-refractivity contribution in [1.82, 2.24) is 0 Å². The van der Waals surface area contributed by atoms with Crippen LogP contribution in [0.15, 0.2) is 40.9 Å². The van der Waals surface area contributed by atoms with Crippen LogP contribution in [0.3, 0.4) is 0 Å². The predicted molar refractivity (Wildman–Crippen MR) is 83.5 cm³/mol. The minimum atomic E-state index is -0.561. The standard InChI is InChI=1S/C15H11BrCl2O2/c16-9-1-2-12-13(19)7-14(20-15(12)5-9)8-3-10(17)6-11(18)4-8/h1-6,13-14,19H,7H2/t13-,14?/m0/s1. The van der Waals surface area contributed by atoms with Gasteiger partial charge in [0.2, 0.25) is 0 Å². The van der Waals surface area contributed by atoms with E-state index in [1.807, 2.05) is 30.3 Å². The van der Waals surface area contributed by atoms with Crippen LogP contribution in [0.2, 0.25) is 10.0 Å². The molecule has 0 spiro atoms. The fraction of sp³-hybridized carbons (Fsp3) is 0.200. The van der Waals surface area contributed by atoms with Crippen LogP contribution in [0, 0.1) is 0 Å². The molecule has 0 saturated carbocycles. The van der Waals surface area contributed by atoms with Gasteiger partial charge in [-0.15, -0.1) is 0 Å². The topological polar surface area (TPSA) is 29.5 Å². The number of aliphatic hydroxyl groups is 1. The highest BCUT2D eigenvalue weighted by atomic mass is 79.9. The highest BCUT2D eigenvalue weighted by molar-refractivity contribution is 9.10. The highest BCUT2D eigenvalue weighted by Gasteiger charge is 2.28. The van der Waals surface area contributed by atoms with Crippen LogP contribution in [-0.2, 0) is 0 Å². The second kappa shape index (κ2) is 5.57. The Morgan fingerprint density at radius 1 is 1.10 bits per heavy atom. The van der Waals surface area contributed by atoms with Crippen molar-refractivity contribution in [3.8, 4) is 5.75 Å². The van der Waals surface area contributed by atoms with Gasteiger partial charge in [-0.1, -0.05) is 45.2 Å². The van der Waals surface area contributed by atoms with Crippen LogP contribution in [0.4, 0.5) is 0 Å². The van der Waals surface area contributed by atoms with E-state index in [1.165, 1.54) is 0 Å². The Balaban J connectivity index is 1.98. The van der Waals surface area contributed by atoms with Gasteiger partial charge in [0, 0.05) is 26.5 Å². The van der Waals surface area contributed by atoms with Gasteiger partial charge in [-0.2, -0.15) is 0 Å². The lowest BCUT2D eigenvalue weighted by Crippen LogP contribution is -2.19. The van der Waals surface area contributed by atoms with Gasteiger partial charge in [0.25, 0.3) is 0 Å². The summed E-state index contributed by atoms with van der Waals surface area (Å²) >= 11 is 15.4. The molecule has 104 valence electrons. The fourth-order valence-electron chi connectivity index (χ4n) is 2.38. The molecule has 5 heteroatoms. The first-order valence-corrected chi connectivity index (χ1v) is 7.68. The van der Waals surface area contributed by atoms with Crippen molar-refractivity contribution < 1.29 is 9.84 Å². The molecule has 2 aromatic carbocycles. The van der Waals surface area contributed by atoms with E-state index in [0.717, 1.165) is 15.6 Å². The molecule has 0 bridgehead atoms. The number of hydrogen-bond acceptors (Lipinski definition) is 2. The molecule has 2 nitrogen and oxygen atoms in total. The van der Waals surface area contributed by atoms with Gasteiger partial charge in [0.15, 0.2) is 0 Å². The summed E-state index contributed by atoms with van der Waals surface area (Å²) in [5.41, 5.74) is 1.67. The first-order chi connectivity index (χ1) is 9.52. The van der Waals surface area contributed by atoms with Gasteiger partial charge in [-0.25, -0.2) is 0 Å². The number of fused-ring (bicyclic) bond motifs is 1. The summed E-state index contributed by atoms with van der Waals surface area (Å²) in [5.74, 6) is 0.680. The maximum absolute atomic E-state index is 10.3. The summed E-state index contributed by atoms with van der Waals surface area (Å²) in [6.07, 6.45) is -0.344. The van der Waals surface area contributed by atoms with Crippen molar-refractivity contribution in [2.24, 2.45) is 0 Å². The fourth-order valence-corrected chi connectivity index (χ4v) is 3.26. The Kier molecular flexibility index (Phi) is 3.95. The Morgan fingerprint density at radius 3 is 2.50 bits per heavy atom. The predicted octanol–water partition coefficient (Wildman–Crippen LogP) is 5.31. The lowest BCUT2D eigenvalue weighted by atomic mass is 9.95. The normalized spacial score (nSPS) is 21.2. The van der Waals surface area contributed by atoms with Crippen LogP contribution < -0.4 is 4.74 Å². The molecule has 0 aliphatic carbocycles. The zero-order valence-corrected chi connectivity index (χ0v) is 13.4. The van der Waals surface area contributed by atoms with E-state index in [4.69, 9.17) is 27.9 Å². The number of rotatable bonds is 1. The summed E-state index contributed by atoms with van der Waals surface area (Å²) in [4.78, 5) is 0. The zero-order chi connectivity index (χ0) is 14.3. The highest BCUT2D eigenvalue weighted by Crippen LogP contribution is 2.42. The van der Waals surface area contributed by atoms with E-state index in [0.29, 0.717) is 22.2 Å². The van der Waals surface area contributed by atoms with Gasteiger partial charge in [-0.05, 0) is 35.9 Å². The maximum Gasteiger partial charge on any atom is 0.127 e. The Morgan fingerprint density at radius 2 is 1.80 bits per heavy atom. The molecule has 1 aliphatic heterocycles. The van der Waals surface area contributed by atoms with Crippen molar-refractivity contribution in [1.29, 1.82) is 0 Å². The number of halogens is 3. The molecule has 0 amide bonds. The third-order valence-electron chi connectivity index (χ3n) is 3.30. The monoisotopic (exact) mass is 372 g/mol.